The lowest BCUT2D eigenvalue weighted by Gasteiger charge is -2.42. The largest absolute Gasteiger partial charge is 0.312 e. The van der Waals surface area contributed by atoms with E-state index in [0.717, 1.165) is 6.04 Å². The van der Waals surface area contributed by atoms with E-state index >= 15 is 0 Å². The molecule has 1 N–H and O–H groups in total. The zero-order valence-electron chi connectivity index (χ0n) is 13.4. The van der Waals surface area contributed by atoms with Crippen LogP contribution in [-0.2, 0) is 0 Å². The van der Waals surface area contributed by atoms with Crippen LogP contribution in [0.15, 0.2) is 0 Å². The van der Waals surface area contributed by atoms with Crippen molar-refractivity contribution in [3.8, 4) is 0 Å². The highest BCUT2D eigenvalue weighted by Crippen LogP contribution is 2.34. The smallest absolute Gasteiger partial charge is 0.0192 e. The molecule has 19 heavy (non-hydrogen) atoms. The van der Waals surface area contributed by atoms with Crippen LogP contribution < -0.4 is 5.32 Å². The number of rotatable bonds is 5. The Morgan fingerprint density at radius 2 is 1.79 bits per heavy atom. The van der Waals surface area contributed by atoms with E-state index in [9.17, 15) is 0 Å². The van der Waals surface area contributed by atoms with E-state index in [-0.39, 0.29) is 0 Å². The van der Waals surface area contributed by atoms with Crippen molar-refractivity contribution >= 4 is 0 Å². The van der Waals surface area contributed by atoms with Crippen LogP contribution in [0, 0.1) is 5.41 Å². The number of hydrogen-bond acceptors (Lipinski definition) is 2. The average Bonchev–Trinajstić information content (AvgIpc) is 2.47. The van der Waals surface area contributed by atoms with Crippen molar-refractivity contribution in [1.82, 2.24) is 10.2 Å². The number of likely N-dealkylation sites (tertiary alicyclic amines) is 1. The summed E-state index contributed by atoms with van der Waals surface area (Å²) in [7, 11) is 0. The Hall–Kier alpha value is -0.0800. The molecule has 0 radical (unpaired) electrons. The molecular weight excluding hydrogens is 232 g/mol. The zero-order valence-corrected chi connectivity index (χ0v) is 13.4. The molecule has 2 nitrogen and oxygen atoms in total. The summed E-state index contributed by atoms with van der Waals surface area (Å²) in [6.07, 6.45) is 11.2. The van der Waals surface area contributed by atoms with Gasteiger partial charge in [0.1, 0.15) is 0 Å². The number of piperidine rings is 1. The molecule has 0 aromatic rings. The van der Waals surface area contributed by atoms with Crippen molar-refractivity contribution < 1.29 is 0 Å². The summed E-state index contributed by atoms with van der Waals surface area (Å²) >= 11 is 0. The summed E-state index contributed by atoms with van der Waals surface area (Å²) in [5, 5.41) is 3.81. The number of nitrogens with zero attached hydrogens (tertiary/aromatic N) is 1. The molecule has 2 rings (SSSR count). The van der Waals surface area contributed by atoms with Gasteiger partial charge in [-0.3, -0.25) is 4.90 Å². The number of hydrogen-bond donors (Lipinski definition) is 1. The van der Waals surface area contributed by atoms with Gasteiger partial charge < -0.3 is 5.32 Å². The summed E-state index contributed by atoms with van der Waals surface area (Å²) in [6, 6.07) is 1.52. The van der Waals surface area contributed by atoms with E-state index in [1.807, 2.05) is 0 Å². The highest BCUT2D eigenvalue weighted by Gasteiger charge is 2.30. The molecule has 0 spiro atoms. The standard InChI is InChI=1S/C17H34N2/c1-4-17(3)10-12-19(13-11-17)15(2)14-18-16-8-6-5-7-9-16/h15-16,18H,4-14H2,1-3H3. The SMILES string of the molecule is CCC1(C)CCN(C(C)CNC2CCCCC2)CC1. The van der Waals surface area contributed by atoms with Gasteiger partial charge in [0.15, 0.2) is 0 Å². The van der Waals surface area contributed by atoms with E-state index in [1.54, 1.807) is 0 Å². The molecule has 1 atom stereocenters. The summed E-state index contributed by atoms with van der Waals surface area (Å²) < 4.78 is 0. The van der Waals surface area contributed by atoms with Crippen LogP contribution >= 0.6 is 0 Å². The van der Waals surface area contributed by atoms with Crippen LogP contribution in [0.25, 0.3) is 0 Å². The maximum Gasteiger partial charge on any atom is 0.0192 e. The molecule has 1 aliphatic heterocycles. The van der Waals surface area contributed by atoms with Gasteiger partial charge in [0.2, 0.25) is 0 Å². The van der Waals surface area contributed by atoms with Gasteiger partial charge in [-0.1, -0.05) is 39.5 Å². The van der Waals surface area contributed by atoms with Crippen LogP contribution in [0.1, 0.15) is 72.1 Å². The first-order valence-corrected chi connectivity index (χ1v) is 8.60. The lowest BCUT2D eigenvalue weighted by Crippen LogP contribution is -2.48. The predicted octanol–water partition coefficient (Wildman–Crippen LogP) is 3.81. The van der Waals surface area contributed by atoms with Crippen molar-refractivity contribution in [2.45, 2.75) is 84.2 Å². The van der Waals surface area contributed by atoms with E-state index < -0.39 is 0 Å². The molecule has 2 heteroatoms. The van der Waals surface area contributed by atoms with E-state index in [2.05, 4.69) is 31.0 Å². The molecule has 1 saturated heterocycles. The Kier molecular flexibility index (Phi) is 5.70. The molecule has 0 aromatic carbocycles. The quantitative estimate of drug-likeness (QED) is 0.814. The fourth-order valence-corrected chi connectivity index (χ4v) is 3.63. The Labute approximate surface area is 120 Å². The minimum atomic E-state index is 0.618. The lowest BCUT2D eigenvalue weighted by atomic mass is 9.78. The Balaban J connectivity index is 1.67. The van der Waals surface area contributed by atoms with Crippen molar-refractivity contribution in [3.05, 3.63) is 0 Å². The van der Waals surface area contributed by atoms with Crippen LogP contribution in [0.3, 0.4) is 0 Å². The van der Waals surface area contributed by atoms with Crippen LogP contribution in [0.2, 0.25) is 0 Å². The molecule has 0 bridgehead atoms. The fourth-order valence-electron chi connectivity index (χ4n) is 3.63. The molecule has 2 fully saturated rings. The second kappa shape index (κ2) is 7.08. The Morgan fingerprint density at radius 1 is 1.16 bits per heavy atom. The minimum Gasteiger partial charge on any atom is -0.312 e. The summed E-state index contributed by atoms with van der Waals surface area (Å²) in [4.78, 5) is 2.70. The molecule has 1 unspecified atom stereocenters. The van der Waals surface area contributed by atoms with Crippen molar-refractivity contribution in [2.24, 2.45) is 5.41 Å². The summed E-state index contributed by atoms with van der Waals surface area (Å²) in [6.45, 7) is 11.0. The molecule has 1 aliphatic carbocycles. The molecular formula is C17H34N2. The van der Waals surface area contributed by atoms with E-state index in [1.165, 1.54) is 71.0 Å². The molecule has 1 heterocycles. The van der Waals surface area contributed by atoms with Crippen molar-refractivity contribution in [3.63, 3.8) is 0 Å². The van der Waals surface area contributed by atoms with Crippen molar-refractivity contribution in [2.75, 3.05) is 19.6 Å². The highest BCUT2D eigenvalue weighted by atomic mass is 15.2. The van der Waals surface area contributed by atoms with Gasteiger partial charge in [0, 0.05) is 18.6 Å². The Bertz CT molecular complexity index is 250. The van der Waals surface area contributed by atoms with E-state index in [4.69, 9.17) is 0 Å². The van der Waals surface area contributed by atoms with Crippen LogP contribution in [0.5, 0.6) is 0 Å². The third-order valence-corrected chi connectivity index (χ3v) is 5.79. The normalized spacial score (nSPS) is 27.3. The van der Waals surface area contributed by atoms with Crippen LogP contribution in [0.4, 0.5) is 0 Å². The zero-order chi connectivity index (χ0) is 13.7. The monoisotopic (exact) mass is 266 g/mol. The molecule has 1 saturated carbocycles. The molecule has 0 aromatic heterocycles. The second-order valence-corrected chi connectivity index (χ2v) is 7.29. The third-order valence-electron chi connectivity index (χ3n) is 5.79. The lowest BCUT2D eigenvalue weighted by molar-refractivity contribution is 0.0844. The predicted molar refractivity (Wildman–Crippen MR) is 83.5 cm³/mol. The van der Waals surface area contributed by atoms with Gasteiger partial charge in [0.05, 0.1) is 0 Å². The van der Waals surface area contributed by atoms with Gasteiger partial charge in [0.25, 0.3) is 0 Å². The van der Waals surface area contributed by atoms with Gasteiger partial charge in [-0.25, -0.2) is 0 Å². The molecule has 2 aliphatic rings. The highest BCUT2D eigenvalue weighted by molar-refractivity contribution is 4.84. The summed E-state index contributed by atoms with van der Waals surface area (Å²) in [5.41, 5.74) is 0.618. The Morgan fingerprint density at radius 3 is 2.37 bits per heavy atom. The molecule has 112 valence electrons. The minimum absolute atomic E-state index is 0.618. The number of nitrogens with one attached hydrogen (secondary N) is 1. The second-order valence-electron chi connectivity index (χ2n) is 7.29. The van der Waals surface area contributed by atoms with Crippen molar-refractivity contribution in [1.29, 1.82) is 0 Å². The van der Waals surface area contributed by atoms with Crippen LogP contribution in [-0.4, -0.2) is 36.6 Å². The third kappa shape index (κ3) is 4.46. The maximum absolute atomic E-state index is 3.81. The van der Waals surface area contributed by atoms with Gasteiger partial charge >= 0.3 is 0 Å². The molecule has 0 amide bonds. The van der Waals surface area contributed by atoms with Gasteiger partial charge in [-0.15, -0.1) is 0 Å². The maximum atomic E-state index is 3.81. The van der Waals surface area contributed by atoms with Gasteiger partial charge in [-0.2, -0.15) is 0 Å². The first-order chi connectivity index (χ1) is 9.13. The topological polar surface area (TPSA) is 15.3 Å². The van der Waals surface area contributed by atoms with Gasteiger partial charge in [-0.05, 0) is 51.1 Å². The average molecular weight is 266 g/mol. The fraction of sp³-hybridized carbons (Fsp3) is 1.00. The first kappa shape index (κ1) is 15.3. The first-order valence-electron chi connectivity index (χ1n) is 8.60. The summed E-state index contributed by atoms with van der Waals surface area (Å²) in [5.74, 6) is 0. The van der Waals surface area contributed by atoms with E-state index in [0.29, 0.717) is 11.5 Å².